The molecular weight excluding hydrogens is 304 g/mol. The lowest BCUT2D eigenvalue weighted by Gasteiger charge is -2.24. The first-order chi connectivity index (χ1) is 10.7. The van der Waals surface area contributed by atoms with Crippen molar-refractivity contribution in [3.63, 3.8) is 0 Å². The van der Waals surface area contributed by atoms with Gasteiger partial charge in [-0.2, -0.15) is 0 Å². The number of aryl methyl sites for hydroxylation is 1. The Morgan fingerprint density at radius 2 is 2.36 bits per heavy atom. The third kappa shape index (κ3) is 2.32. The van der Waals surface area contributed by atoms with Crippen molar-refractivity contribution in [2.24, 2.45) is 0 Å². The summed E-state index contributed by atoms with van der Waals surface area (Å²) in [6.45, 7) is 4.37. The van der Waals surface area contributed by atoms with E-state index in [2.05, 4.69) is 14.6 Å². The number of carbonyl (C=O) groups excluding carboxylic acids is 1. The maximum atomic E-state index is 12.5. The fourth-order valence-corrected chi connectivity index (χ4v) is 3.49. The number of aromatic nitrogens is 3. The first kappa shape index (κ1) is 13.8. The number of ether oxygens (including phenoxy) is 1. The lowest BCUT2D eigenvalue weighted by Crippen LogP contribution is -2.35. The second-order valence-electron chi connectivity index (χ2n) is 5.65. The third-order valence-corrected chi connectivity index (χ3v) is 4.97. The van der Waals surface area contributed by atoms with Gasteiger partial charge in [-0.3, -0.25) is 4.79 Å². The van der Waals surface area contributed by atoms with Crippen LogP contribution in [-0.2, 0) is 17.7 Å². The first-order valence-corrected chi connectivity index (χ1v) is 8.14. The number of rotatable bonds is 2. The van der Waals surface area contributed by atoms with Crippen molar-refractivity contribution in [3.05, 3.63) is 27.9 Å². The van der Waals surface area contributed by atoms with Gasteiger partial charge in [-0.1, -0.05) is 4.49 Å². The molecule has 1 fully saturated rings. The molecule has 8 heteroatoms. The van der Waals surface area contributed by atoms with E-state index in [-0.39, 0.29) is 11.8 Å². The summed E-state index contributed by atoms with van der Waals surface area (Å²) in [6, 6.07) is 0. The van der Waals surface area contributed by atoms with E-state index in [1.54, 1.807) is 11.8 Å². The summed E-state index contributed by atoms with van der Waals surface area (Å²) < 4.78 is 15.1. The van der Waals surface area contributed by atoms with Crippen LogP contribution in [0.15, 0.2) is 4.42 Å². The van der Waals surface area contributed by atoms with Gasteiger partial charge >= 0.3 is 0 Å². The normalized spacial score (nSPS) is 21.1. The van der Waals surface area contributed by atoms with E-state index in [4.69, 9.17) is 9.15 Å². The number of amides is 1. The minimum Gasteiger partial charge on any atom is -0.445 e. The number of carbonyl (C=O) groups is 1. The molecule has 7 nitrogen and oxygen atoms in total. The van der Waals surface area contributed by atoms with Crippen molar-refractivity contribution in [3.8, 4) is 0 Å². The number of nitrogens with zero attached hydrogens (tertiary/aromatic N) is 4. The highest BCUT2D eigenvalue weighted by Crippen LogP contribution is 2.29. The van der Waals surface area contributed by atoms with Gasteiger partial charge in [0.1, 0.15) is 16.3 Å². The Morgan fingerprint density at radius 3 is 3.09 bits per heavy atom. The molecular formula is C14H16N4O3S. The minimum atomic E-state index is -0.0214. The smallest absolute Gasteiger partial charge is 0.267 e. The molecule has 0 saturated carbocycles. The van der Waals surface area contributed by atoms with Crippen LogP contribution < -0.4 is 0 Å². The summed E-state index contributed by atoms with van der Waals surface area (Å²) in [5.41, 5.74) is 1.56. The van der Waals surface area contributed by atoms with Crippen LogP contribution in [0.25, 0.3) is 0 Å². The zero-order valence-electron chi connectivity index (χ0n) is 12.2. The van der Waals surface area contributed by atoms with Gasteiger partial charge in [0.25, 0.3) is 5.91 Å². The largest absolute Gasteiger partial charge is 0.445 e. The Bertz CT molecular complexity index is 705. The average molecular weight is 320 g/mol. The Kier molecular flexibility index (Phi) is 3.42. The quantitative estimate of drug-likeness (QED) is 0.835. The monoisotopic (exact) mass is 320 g/mol. The standard InChI is InChI=1S/C14H16N4O3S/c1-8-12(22-17-16-8)14(19)18-4-2-11-10(6-18)15-13(21-11)9-3-5-20-7-9/h9H,2-7H2,1H3. The van der Waals surface area contributed by atoms with Crippen LogP contribution in [-0.4, -0.2) is 45.1 Å². The van der Waals surface area contributed by atoms with E-state index in [1.807, 2.05) is 0 Å². The van der Waals surface area contributed by atoms with E-state index in [9.17, 15) is 4.79 Å². The van der Waals surface area contributed by atoms with Gasteiger partial charge in [0.15, 0.2) is 5.89 Å². The molecule has 1 atom stereocenters. The van der Waals surface area contributed by atoms with E-state index < -0.39 is 0 Å². The van der Waals surface area contributed by atoms with Crippen LogP contribution in [0, 0.1) is 6.92 Å². The van der Waals surface area contributed by atoms with E-state index in [0.29, 0.717) is 36.7 Å². The van der Waals surface area contributed by atoms with Crippen molar-refractivity contribution in [2.75, 3.05) is 19.8 Å². The highest BCUT2D eigenvalue weighted by Gasteiger charge is 2.30. The highest BCUT2D eigenvalue weighted by molar-refractivity contribution is 7.07. The van der Waals surface area contributed by atoms with Crippen molar-refractivity contribution in [1.29, 1.82) is 0 Å². The van der Waals surface area contributed by atoms with Gasteiger partial charge in [-0.25, -0.2) is 4.98 Å². The SMILES string of the molecule is Cc1nnsc1C(=O)N1CCc2oc(C3CCOC3)nc2C1. The summed E-state index contributed by atoms with van der Waals surface area (Å²) >= 11 is 1.15. The van der Waals surface area contributed by atoms with Crippen molar-refractivity contribution >= 4 is 17.4 Å². The number of hydrogen-bond acceptors (Lipinski definition) is 7. The average Bonchev–Trinajstić information content (AvgIpc) is 3.25. The minimum absolute atomic E-state index is 0.0214. The Labute approximate surface area is 131 Å². The number of hydrogen-bond donors (Lipinski definition) is 0. The maximum Gasteiger partial charge on any atom is 0.267 e. The van der Waals surface area contributed by atoms with Gasteiger partial charge in [0.2, 0.25) is 0 Å². The van der Waals surface area contributed by atoms with Crippen molar-refractivity contribution < 1.29 is 13.9 Å². The van der Waals surface area contributed by atoms with Gasteiger partial charge < -0.3 is 14.1 Å². The fourth-order valence-electron chi connectivity index (χ4n) is 2.87. The molecule has 2 aromatic rings. The molecule has 1 amide bonds. The molecule has 0 radical (unpaired) electrons. The Morgan fingerprint density at radius 1 is 1.45 bits per heavy atom. The van der Waals surface area contributed by atoms with Crippen LogP contribution in [0.2, 0.25) is 0 Å². The van der Waals surface area contributed by atoms with Crippen LogP contribution in [0.5, 0.6) is 0 Å². The zero-order chi connectivity index (χ0) is 15.1. The summed E-state index contributed by atoms with van der Waals surface area (Å²) in [7, 11) is 0. The Balaban J connectivity index is 1.54. The van der Waals surface area contributed by atoms with E-state index >= 15 is 0 Å². The molecule has 2 aromatic heterocycles. The van der Waals surface area contributed by atoms with E-state index in [0.717, 1.165) is 41.9 Å². The predicted molar refractivity (Wildman–Crippen MR) is 77.8 cm³/mol. The highest BCUT2D eigenvalue weighted by atomic mass is 32.1. The topological polar surface area (TPSA) is 81.4 Å². The molecule has 2 aliphatic heterocycles. The second-order valence-corrected chi connectivity index (χ2v) is 6.40. The lowest BCUT2D eigenvalue weighted by atomic mass is 10.1. The summed E-state index contributed by atoms with van der Waals surface area (Å²) in [6.07, 6.45) is 1.65. The van der Waals surface area contributed by atoms with E-state index in [1.165, 1.54) is 0 Å². The van der Waals surface area contributed by atoms with Crippen molar-refractivity contribution in [1.82, 2.24) is 19.5 Å². The number of oxazole rings is 1. The molecule has 0 aromatic carbocycles. The summed E-state index contributed by atoms with van der Waals surface area (Å²) in [5.74, 6) is 1.90. The van der Waals surface area contributed by atoms with Gasteiger partial charge in [0, 0.05) is 19.6 Å². The molecule has 0 bridgehead atoms. The Hall–Kier alpha value is -1.80. The van der Waals surface area contributed by atoms with Crippen molar-refractivity contribution in [2.45, 2.75) is 32.2 Å². The lowest BCUT2D eigenvalue weighted by molar-refractivity contribution is 0.0732. The van der Waals surface area contributed by atoms with Gasteiger partial charge in [-0.05, 0) is 24.9 Å². The molecule has 4 heterocycles. The molecule has 2 aliphatic rings. The fraction of sp³-hybridized carbons (Fsp3) is 0.571. The molecule has 1 unspecified atom stereocenters. The second kappa shape index (κ2) is 5.44. The maximum absolute atomic E-state index is 12.5. The van der Waals surface area contributed by atoms with Crippen LogP contribution in [0.3, 0.4) is 0 Å². The molecule has 1 saturated heterocycles. The van der Waals surface area contributed by atoms with Crippen LogP contribution in [0.4, 0.5) is 0 Å². The van der Waals surface area contributed by atoms with Crippen LogP contribution in [0.1, 0.15) is 45.0 Å². The third-order valence-electron chi connectivity index (χ3n) is 4.16. The zero-order valence-corrected chi connectivity index (χ0v) is 13.1. The number of fused-ring (bicyclic) bond motifs is 1. The molecule has 0 spiro atoms. The summed E-state index contributed by atoms with van der Waals surface area (Å²) in [5, 5.41) is 3.91. The van der Waals surface area contributed by atoms with Gasteiger partial charge in [-0.15, -0.1) is 5.10 Å². The molecule has 0 N–H and O–H groups in total. The molecule has 4 rings (SSSR count). The predicted octanol–water partition coefficient (Wildman–Crippen LogP) is 1.54. The molecule has 0 aliphatic carbocycles. The molecule has 116 valence electrons. The van der Waals surface area contributed by atoms with Gasteiger partial charge in [0.05, 0.1) is 24.8 Å². The van der Waals surface area contributed by atoms with Crippen LogP contribution >= 0.6 is 11.5 Å². The summed E-state index contributed by atoms with van der Waals surface area (Å²) in [4.78, 5) is 19.5. The first-order valence-electron chi connectivity index (χ1n) is 7.37. The molecule has 22 heavy (non-hydrogen) atoms.